The maximum absolute atomic E-state index is 12.2. The average molecular weight is 327 g/mol. The van der Waals surface area contributed by atoms with Gasteiger partial charge in [0.2, 0.25) is 5.43 Å². The number of pyridine rings is 1. The number of fused-ring (bicyclic) bond motifs is 3. The Bertz CT molecular complexity index is 833. The number of urea groups is 1. The normalized spacial score (nSPS) is 25.6. The minimum atomic E-state index is -0.419. The van der Waals surface area contributed by atoms with Crippen molar-refractivity contribution >= 4 is 22.6 Å². The lowest BCUT2D eigenvalue weighted by molar-refractivity contribution is 0.235. The molecule has 1 heterocycles. The number of nitrogens with one attached hydrogen (secondary N) is 3. The predicted molar refractivity (Wildman–Crippen MR) is 92.2 cm³/mol. The average Bonchev–Trinajstić information content (AvgIpc) is 2.89. The summed E-state index contributed by atoms with van der Waals surface area (Å²) >= 11 is 0. The van der Waals surface area contributed by atoms with Gasteiger partial charge in [-0.15, -0.1) is 0 Å². The standard InChI is InChI=1S/C18H21N3O3/c22-16-9-19-15-8-12(3-4-14(15)17(16)23)20-18(24)21-13-6-10-1-2-11(5-10)7-13/h3-4,8-11,13,22H,1-2,5-7H2,(H,19,23)(H2,20,21,24). The van der Waals surface area contributed by atoms with Crippen molar-refractivity contribution in [2.24, 2.45) is 11.8 Å². The number of anilines is 1. The summed E-state index contributed by atoms with van der Waals surface area (Å²) in [4.78, 5) is 26.9. The van der Waals surface area contributed by atoms with Gasteiger partial charge in [-0.1, -0.05) is 12.8 Å². The zero-order valence-electron chi connectivity index (χ0n) is 13.3. The van der Waals surface area contributed by atoms with E-state index >= 15 is 0 Å². The van der Waals surface area contributed by atoms with E-state index in [0.29, 0.717) is 16.6 Å². The smallest absolute Gasteiger partial charge is 0.319 e. The Morgan fingerprint density at radius 3 is 2.67 bits per heavy atom. The summed E-state index contributed by atoms with van der Waals surface area (Å²) in [7, 11) is 0. The van der Waals surface area contributed by atoms with Crippen LogP contribution in [0.4, 0.5) is 10.5 Å². The van der Waals surface area contributed by atoms with Gasteiger partial charge in [0, 0.05) is 23.3 Å². The van der Waals surface area contributed by atoms with Crippen LogP contribution in [0, 0.1) is 11.8 Å². The Hall–Kier alpha value is -2.50. The van der Waals surface area contributed by atoms with Gasteiger partial charge in [-0.2, -0.15) is 0 Å². The van der Waals surface area contributed by atoms with Crippen LogP contribution in [0.2, 0.25) is 0 Å². The van der Waals surface area contributed by atoms with Crippen molar-refractivity contribution in [3.8, 4) is 5.75 Å². The summed E-state index contributed by atoms with van der Waals surface area (Å²) < 4.78 is 0. The van der Waals surface area contributed by atoms with Crippen molar-refractivity contribution in [1.82, 2.24) is 10.3 Å². The molecule has 0 saturated heterocycles. The van der Waals surface area contributed by atoms with Gasteiger partial charge in [0.05, 0.1) is 5.52 Å². The molecule has 2 bridgehead atoms. The van der Waals surface area contributed by atoms with Crippen molar-refractivity contribution in [2.75, 3.05) is 5.32 Å². The maximum Gasteiger partial charge on any atom is 0.319 e. The molecule has 4 rings (SSSR count). The first-order chi connectivity index (χ1) is 11.6. The molecule has 126 valence electrons. The van der Waals surface area contributed by atoms with Crippen LogP contribution in [-0.4, -0.2) is 22.2 Å². The topological polar surface area (TPSA) is 94.2 Å². The SMILES string of the molecule is O=C(Nc1ccc2c(=O)c(O)c[nH]c2c1)NC1CC2CCC(C2)C1. The number of aromatic amines is 1. The van der Waals surface area contributed by atoms with Crippen LogP contribution in [0.3, 0.4) is 0 Å². The first-order valence-electron chi connectivity index (χ1n) is 8.50. The van der Waals surface area contributed by atoms with E-state index in [9.17, 15) is 14.7 Å². The van der Waals surface area contributed by atoms with Crippen molar-refractivity contribution < 1.29 is 9.90 Å². The number of carbonyl (C=O) groups excluding carboxylic acids is 1. The highest BCUT2D eigenvalue weighted by atomic mass is 16.3. The highest BCUT2D eigenvalue weighted by Gasteiger charge is 2.34. The van der Waals surface area contributed by atoms with E-state index < -0.39 is 5.43 Å². The highest BCUT2D eigenvalue weighted by molar-refractivity contribution is 5.92. The zero-order valence-corrected chi connectivity index (χ0v) is 13.3. The molecule has 6 heteroatoms. The maximum atomic E-state index is 12.2. The number of amides is 2. The molecule has 2 aromatic rings. The molecule has 0 aliphatic heterocycles. The second-order valence-electron chi connectivity index (χ2n) is 7.08. The molecule has 1 aromatic carbocycles. The Balaban J connectivity index is 1.45. The second kappa shape index (κ2) is 5.85. The van der Waals surface area contributed by atoms with Crippen LogP contribution in [0.1, 0.15) is 32.1 Å². The van der Waals surface area contributed by atoms with E-state index in [1.165, 1.54) is 25.5 Å². The third-order valence-corrected chi connectivity index (χ3v) is 5.34. The molecular formula is C18H21N3O3. The Morgan fingerprint density at radius 2 is 1.92 bits per heavy atom. The number of hydrogen-bond donors (Lipinski definition) is 4. The summed E-state index contributed by atoms with van der Waals surface area (Å²) in [5, 5.41) is 15.7. The van der Waals surface area contributed by atoms with E-state index in [1.54, 1.807) is 18.2 Å². The van der Waals surface area contributed by atoms with Crippen LogP contribution in [0.5, 0.6) is 5.75 Å². The summed E-state index contributed by atoms with van der Waals surface area (Å²) in [5.74, 6) is 1.23. The van der Waals surface area contributed by atoms with E-state index in [4.69, 9.17) is 0 Å². The van der Waals surface area contributed by atoms with Gasteiger partial charge in [-0.25, -0.2) is 4.79 Å². The fourth-order valence-corrected chi connectivity index (χ4v) is 4.27. The summed E-state index contributed by atoms with van der Waals surface area (Å²) in [6.45, 7) is 0. The molecule has 2 unspecified atom stereocenters. The summed E-state index contributed by atoms with van der Waals surface area (Å²) in [6.07, 6.45) is 7.34. The quantitative estimate of drug-likeness (QED) is 0.683. The van der Waals surface area contributed by atoms with Crippen LogP contribution >= 0.6 is 0 Å². The fraction of sp³-hybridized carbons (Fsp3) is 0.444. The fourth-order valence-electron chi connectivity index (χ4n) is 4.27. The monoisotopic (exact) mass is 327 g/mol. The largest absolute Gasteiger partial charge is 0.503 e. The van der Waals surface area contributed by atoms with Gasteiger partial charge < -0.3 is 20.7 Å². The summed E-state index contributed by atoms with van der Waals surface area (Å²) in [6, 6.07) is 5.02. The van der Waals surface area contributed by atoms with Crippen LogP contribution in [0.15, 0.2) is 29.2 Å². The van der Waals surface area contributed by atoms with Crippen molar-refractivity contribution in [3.05, 3.63) is 34.6 Å². The molecule has 0 spiro atoms. The molecule has 4 N–H and O–H groups in total. The van der Waals surface area contributed by atoms with E-state index in [0.717, 1.165) is 24.7 Å². The highest BCUT2D eigenvalue weighted by Crippen LogP contribution is 2.41. The first kappa shape index (κ1) is 15.1. The van der Waals surface area contributed by atoms with Gasteiger partial charge >= 0.3 is 6.03 Å². The third-order valence-electron chi connectivity index (χ3n) is 5.34. The summed E-state index contributed by atoms with van der Waals surface area (Å²) in [5.41, 5.74) is 0.767. The van der Waals surface area contributed by atoms with Crippen molar-refractivity contribution in [3.63, 3.8) is 0 Å². The van der Waals surface area contributed by atoms with Gasteiger partial charge in [-0.05, 0) is 49.3 Å². The van der Waals surface area contributed by atoms with Gasteiger partial charge in [0.25, 0.3) is 0 Å². The lowest BCUT2D eigenvalue weighted by Crippen LogP contribution is -2.41. The molecule has 24 heavy (non-hydrogen) atoms. The number of aromatic hydroxyl groups is 1. The number of rotatable bonds is 2. The lowest BCUT2D eigenvalue weighted by Gasteiger charge is -2.28. The molecular weight excluding hydrogens is 306 g/mol. The zero-order chi connectivity index (χ0) is 16.7. The molecule has 2 amide bonds. The molecule has 6 nitrogen and oxygen atoms in total. The van der Waals surface area contributed by atoms with Crippen molar-refractivity contribution in [1.29, 1.82) is 0 Å². The molecule has 2 saturated carbocycles. The predicted octanol–water partition coefficient (Wildman–Crippen LogP) is 2.93. The third kappa shape index (κ3) is 2.84. The number of aromatic nitrogens is 1. The number of hydrogen-bond acceptors (Lipinski definition) is 3. The molecule has 2 aliphatic carbocycles. The van der Waals surface area contributed by atoms with E-state index in [1.807, 2.05) is 0 Å². The number of H-pyrrole nitrogens is 1. The van der Waals surface area contributed by atoms with E-state index in [2.05, 4.69) is 15.6 Å². The lowest BCUT2D eigenvalue weighted by atomic mass is 9.85. The Labute approximate surface area is 139 Å². The minimum Gasteiger partial charge on any atom is -0.503 e. The van der Waals surface area contributed by atoms with Gasteiger partial charge in [-0.3, -0.25) is 4.79 Å². The van der Waals surface area contributed by atoms with Gasteiger partial charge in [0.1, 0.15) is 0 Å². The van der Waals surface area contributed by atoms with Crippen molar-refractivity contribution in [2.45, 2.75) is 38.1 Å². The second-order valence-corrected chi connectivity index (χ2v) is 7.08. The molecule has 1 aromatic heterocycles. The van der Waals surface area contributed by atoms with E-state index in [-0.39, 0.29) is 17.8 Å². The molecule has 2 atom stereocenters. The number of benzene rings is 1. The first-order valence-corrected chi connectivity index (χ1v) is 8.50. The Morgan fingerprint density at radius 1 is 1.17 bits per heavy atom. The van der Waals surface area contributed by atoms with Gasteiger partial charge in [0.15, 0.2) is 5.75 Å². The molecule has 2 aliphatic rings. The molecule has 0 radical (unpaired) electrons. The number of carbonyl (C=O) groups is 1. The van der Waals surface area contributed by atoms with Crippen LogP contribution < -0.4 is 16.1 Å². The Kier molecular flexibility index (Phi) is 3.67. The molecule has 2 fully saturated rings. The van der Waals surface area contributed by atoms with Crippen LogP contribution in [-0.2, 0) is 0 Å². The minimum absolute atomic E-state index is 0.207. The van der Waals surface area contributed by atoms with Crippen LogP contribution in [0.25, 0.3) is 10.9 Å².